The molecule has 0 aliphatic heterocycles. The molecule has 0 heterocycles. The summed E-state index contributed by atoms with van der Waals surface area (Å²) < 4.78 is 0. The summed E-state index contributed by atoms with van der Waals surface area (Å²) in [5.74, 6) is 1.02. The quantitative estimate of drug-likeness (QED) is 0.502. The van der Waals surface area contributed by atoms with E-state index in [-0.39, 0.29) is 0 Å². The summed E-state index contributed by atoms with van der Waals surface area (Å²) in [6.45, 7) is 12.9. The van der Waals surface area contributed by atoms with Crippen LogP contribution in [-0.2, 0) is 0 Å². The minimum absolute atomic E-state index is 1.02. The molecular formula is C12H26. The number of rotatable bonds is 6. The minimum Gasteiger partial charge on any atom is -0.106 e. The van der Waals surface area contributed by atoms with Crippen LogP contribution in [0.5, 0.6) is 0 Å². The van der Waals surface area contributed by atoms with Gasteiger partial charge < -0.3 is 0 Å². The van der Waals surface area contributed by atoms with E-state index in [2.05, 4.69) is 33.9 Å². The lowest BCUT2D eigenvalue weighted by atomic mass is 9.95. The third-order valence-electron chi connectivity index (χ3n) is 2.24. The zero-order chi connectivity index (χ0) is 9.82. The second-order valence-corrected chi connectivity index (χ2v) is 3.21. The SMILES string of the molecule is C=C.CCCCC(CC)CCC. The average molecular weight is 170 g/mol. The molecule has 0 fully saturated rings. The third kappa shape index (κ3) is 9.74. The van der Waals surface area contributed by atoms with Crippen LogP contribution in [0.3, 0.4) is 0 Å². The minimum atomic E-state index is 1.02. The van der Waals surface area contributed by atoms with Gasteiger partial charge in [0, 0.05) is 0 Å². The van der Waals surface area contributed by atoms with E-state index in [0.29, 0.717) is 0 Å². The number of unbranched alkanes of at least 4 members (excludes halogenated alkanes) is 1. The number of hydrogen-bond acceptors (Lipinski definition) is 0. The third-order valence-corrected chi connectivity index (χ3v) is 2.24. The largest absolute Gasteiger partial charge is 0.106 e. The van der Waals surface area contributed by atoms with E-state index in [4.69, 9.17) is 0 Å². The Morgan fingerprint density at radius 1 is 0.917 bits per heavy atom. The van der Waals surface area contributed by atoms with E-state index in [1.807, 2.05) is 0 Å². The second-order valence-electron chi connectivity index (χ2n) is 3.21. The summed E-state index contributed by atoms with van der Waals surface area (Å²) in [5, 5.41) is 0. The summed E-state index contributed by atoms with van der Waals surface area (Å²) >= 11 is 0. The van der Waals surface area contributed by atoms with Gasteiger partial charge in [-0.15, -0.1) is 13.2 Å². The van der Waals surface area contributed by atoms with Crippen LogP contribution < -0.4 is 0 Å². The molecule has 0 nitrogen and oxygen atoms in total. The molecule has 0 saturated heterocycles. The van der Waals surface area contributed by atoms with E-state index in [0.717, 1.165) is 5.92 Å². The maximum absolute atomic E-state index is 3.00. The van der Waals surface area contributed by atoms with Gasteiger partial charge in [0.15, 0.2) is 0 Å². The van der Waals surface area contributed by atoms with Crippen LogP contribution in [0, 0.1) is 5.92 Å². The smallest absolute Gasteiger partial charge is 0.0417 e. The van der Waals surface area contributed by atoms with E-state index < -0.39 is 0 Å². The predicted molar refractivity (Wildman–Crippen MR) is 59.5 cm³/mol. The Bertz CT molecular complexity index is 66.4. The molecule has 0 bridgehead atoms. The van der Waals surface area contributed by atoms with Crippen molar-refractivity contribution in [1.82, 2.24) is 0 Å². The number of hydrogen-bond donors (Lipinski definition) is 0. The lowest BCUT2D eigenvalue weighted by Crippen LogP contribution is -1.97. The van der Waals surface area contributed by atoms with Crippen molar-refractivity contribution in [1.29, 1.82) is 0 Å². The van der Waals surface area contributed by atoms with Crippen molar-refractivity contribution in [2.45, 2.75) is 59.3 Å². The molecule has 12 heavy (non-hydrogen) atoms. The van der Waals surface area contributed by atoms with Crippen LogP contribution in [0.15, 0.2) is 13.2 Å². The summed E-state index contributed by atoms with van der Waals surface area (Å²) in [5.41, 5.74) is 0. The van der Waals surface area contributed by atoms with Gasteiger partial charge in [-0.2, -0.15) is 0 Å². The van der Waals surface area contributed by atoms with E-state index in [1.54, 1.807) is 0 Å². The first-order valence-corrected chi connectivity index (χ1v) is 5.35. The molecule has 0 spiro atoms. The van der Waals surface area contributed by atoms with Crippen LogP contribution in [0.1, 0.15) is 59.3 Å². The van der Waals surface area contributed by atoms with Crippen molar-refractivity contribution in [3.63, 3.8) is 0 Å². The highest BCUT2D eigenvalue weighted by molar-refractivity contribution is 4.55. The van der Waals surface area contributed by atoms with Gasteiger partial charge >= 0.3 is 0 Å². The maximum atomic E-state index is 3.00. The maximum Gasteiger partial charge on any atom is -0.0417 e. The summed E-state index contributed by atoms with van der Waals surface area (Å²) in [6.07, 6.45) is 8.44. The standard InChI is InChI=1S/C10H22.C2H4/c1-4-7-9-10(6-3)8-5-2;1-2/h10H,4-9H2,1-3H3;1-2H2. The molecule has 0 aromatic rings. The van der Waals surface area contributed by atoms with Crippen molar-refractivity contribution in [3.8, 4) is 0 Å². The van der Waals surface area contributed by atoms with Gasteiger partial charge in [-0.05, 0) is 5.92 Å². The Balaban J connectivity index is 0. The molecule has 0 rings (SSSR count). The van der Waals surface area contributed by atoms with Crippen LogP contribution in [-0.4, -0.2) is 0 Å². The van der Waals surface area contributed by atoms with Crippen molar-refractivity contribution in [2.24, 2.45) is 5.92 Å². The fourth-order valence-electron chi connectivity index (χ4n) is 1.45. The molecule has 0 aliphatic rings. The van der Waals surface area contributed by atoms with Crippen LogP contribution >= 0.6 is 0 Å². The van der Waals surface area contributed by atoms with Gasteiger partial charge in [0.25, 0.3) is 0 Å². The van der Waals surface area contributed by atoms with Crippen LogP contribution in [0.25, 0.3) is 0 Å². The average Bonchev–Trinajstić information content (AvgIpc) is 2.15. The monoisotopic (exact) mass is 170 g/mol. The van der Waals surface area contributed by atoms with Crippen molar-refractivity contribution in [2.75, 3.05) is 0 Å². The summed E-state index contributed by atoms with van der Waals surface area (Å²) in [7, 11) is 0. The highest BCUT2D eigenvalue weighted by atomic mass is 14.1. The molecule has 0 heteroatoms. The fourth-order valence-corrected chi connectivity index (χ4v) is 1.45. The van der Waals surface area contributed by atoms with E-state index >= 15 is 0 Å². The molecule has 1 unspecified atom stereocenters. The predicted octanol–water partition coefficient (Wildman–Crippen LogP) is 4.81. The summed E-state index contributed by atoms with van der Waals surface area (Å²) in [4.78, 5) is 0. The molecule has 0 aliphatic carbocycles. The Morgan fingerprint density at radius 3 is 1.83 bits per heavy atom. The van der Waals surface area contributed by atoms with E-state index in [9.17, 15) is 0 Å². The van der Waals surface area contributed by atoms with E-state index in [1.165, 1.54) is 38.5 Å². The lowest BCUT2D eigenvalue weighted by Gasteiger charge is -2.11. The molecule has 0 radical (unpaired) electrons. The normalized spacial score (nSPS) is 11.6. The molecule has 74 valence electrons. The molecular weight excluding hydrogens is 144 g/mol. The Morgan fingerprint density at radius 2 is 1.50 bits per heavy atom. The van der Waals surface area contributed by atoms with Gasteiger partial charge in [0.2, 0.25) is 0 Å². The lowest BCUT2D eigenvalue weighted by molar-refractivity contribution is 0.417. The Labute approximate surface area is 79.1 Å². The first-order chi connectivity index (χ1) is 5.85. The van der Waals surface area contributed by atoms with Crippen molar-refractivity contribution < 1.29 is 0 Å². The zero-order valence-corrected chi connectivity index (χ0v) is 9.23. The molecule has 1 atom stereocenters. The van der Waals surface area contributed by atoms with Gasteiger partial charge in [-0.25, -0.2) is 0 Å². The molecule has 0 N–H and O–H groups in total. The second kappa shape index (κ2) is 13.3. The highest BCUT2D eigenvalue weighted by Crippen LogP contribution is 2.17. The zero-order valence-electron chi connectivity index (χ0n) is 9.23. The van der Waals surface area contributed by atoms with Crippen LogP contribution in [0.2, 0.25) is 0 Å². The molecule has 0 aromatic carbocycles. The topological polar surface area (TPSA) is 0 Å². The molecule has 0 saturated carbocycles. The fraction of sp³-hybridized carbons (Fsp3) is 0.833. The molecule has 0 aromatic heterocycles. The Hall–Kier alpha value is -0.260. The molecule has 0 amide bonds. The van der Waals surface area contributed by atoms with Gasteiger partial charge in [0.1, 0.15) is 0 Å². The van der Waals surface area contributed by atoms with Crippen molar-refractivity contribution >= 4 is 0 Å². The van der Waals surface area contributed by atoms with Gasteiger partial charge in [-0.3, -0.25) is 0 Å². The summed E-state index contributed by atoms with van der Waals surface area (Å²) in [6, 6.07) is 0. The van der Waals surface area contributed by atoms with Crippen molar-refractivity contribution in [3.05, 3.63) is 13.2 Å². The highest BCUT2D eigenvalue weighted by Gasteiger charge is 2.02. The Kier molecular flexibility index (Phi) is 15.9. The van der Waals surface area contributed by atoms with Crippen LogP contribution in [0.4, 0.5) is 0 Å². The van der Waals surface area contributed by atoms with Gasteiger partial charge in [0.05, 0.1) is 0 Å². The van der Waals surface area contributed by atoms with Gasteiger partial charge in [-0.1, -0.05) is 59.3 Å². The first kappa shape index (κ1) is 14.3. The first-order valence-electron chi connectivity index (χ1n) is 5.35.